The molecule has 0 radical (unpaired) electrons. The Morgan fingerprint density at radius 1 is 1.29 bits per heavy atom. The van der Waals surface area contributed by atoms with Crippen molar-refractivity contribution in [1.29, 1.82) is 0 Å². The van der Waals surface area contributed by atoms with Crippen molar-refractivity contribution in [2.45, 2.75) is 13.5 Å². The highest BCUT2D eigenvalue weighted by atomic mass is 35.5. The first-order valence-electron chi connectivity index (χ1n) is 7.33. The van der Waals surface area contributed by atoms with Gasteiger partial charge in [-0.25, -0.2) is 4.39 Å². The molecule has 0 saturated carbocycles. The number of hydrogen-bond donors (Lipinski definition) is 2. The molecule has 2 aromatic carbocycles. The summed E-state index contributed by atoms with van der Waals surface area (Å²) in [6.07, 6.45) is 1.59. The molecule has 0 fully saturated rings. The van der Waals surface area contributed by atoms with Crippen molar-refractivity contribution >= 4 is 35.1 Å². The van der Waals surface area contributed by atoms with Crippen LogP contribution in [0.4, 0.5) is 4.39 Å². The molecule has 0 heterocycles. The van der Waals surface area contributed by atoms with Gasteiger partial charge < -0.3 is 10.1 Å². The molecule has 7 heteroatoms. The number of ether oxygens (including phenoxy) is 1. The second-order valence-electron chi connectivity index (χ2n) is 4.76. The second kappa shape index (κ2) is 9.20. The van der Waals surface area contributed by atoms with E-state index in [1.54, 1.807) is 24.4 Å². The maximum absolute atomic E-state index is 13.8. The lowest BCUT2D eigenvalue weighted by Gasteiger charge is -2.11. The lowest BCUT2D eigenvalue weighted by molar-refractivity contribution is 0.299. The van der Waals surface area contributed by atoms with Crippen LogP contribution in [0.2, 0.25) is 5.02 Å². The Morgan fingerprint density at radius 2 is 2.08 bits per heavy atom. The van der Waals surface area contributed by atoms with Crippen molar-refractivity contribution in [2.75, 3.05) is 6.54 Å². The first-order valence-corrected chi connectivity index (χ1v) is 8.12. The predicted molar refractivity (Wildman–Crippen MR) is 99.2 cm³/mol. The molecule has 0 bridgehead atoms. The van der Waals surface area contributed by atoms with E-state index in [0.29, 0.717) is 28.0 Å². The standard InChI is InChI=1S/C17H17ClFN3OS/c1-2-20-17(24)22-21-10-12-6-3-4-9-16(12)23-11-13-14(18)7-5-8-15(13)19/h3-10H,2,11H2,1H3,(H2,20,22,24)/b21-10-. The number of para-hydroxylation sites is 1. The molecule has 2 rings (SSSR count). The summed E-state index contributed by atoms with van der Waals surface area (Å²) >= 11 is 11.0. The minimum absolute atomic E-state index is 0.0274. The Labute approximate surface area is 150 Å². The Bertz CT molecular complexity index is 719. The summed E-state index contributed by atoms with van der Waals surface area (Å²) in [6.45, 7) is 2.68. The highest BCUT2D eigenvalue weighted by Gasteiger charge is 2.09. The first-order chi connectivity index (χ1) is 11.6. The number of nitrogens with zero attached hydrogens (tertiary/aromatic N) is 1. The molecule has 0 aliphatic heterocycles. The van der Waals surface area contributed by atoms with Gasteiger partial charge in [0.25, 0.3) is 0 Å². The fourth-order valence-electron chi connectivity index (χ4n) is 1.90. The van der Waals surface area contributed by atoms with Crippen LogP contribution in [0.15, 0.2) is 47.6 Å². The monoisotopic (exact) mass is 365 g/mol. The van der Waals surface area contributed by atoms with Crippen LogP contribution >= 0.6 is 23.8 Å². The van der Waals surface area contributed by atoms with Crippen LogP contribution in [0.3, 0.4) is 0 Å². The Hall–Kier alpha value is -2.18. The van der Waals surface area contributed by atoms with Crippen molar-refractivity contribution < 1.29 is 9.13 Å². The number of thiocarbonyl (C=S) groups is 1. The maximum atomic E-state index is 13.8. The number of benzene rings is 2. The lowest BCUT2D eigenvalue weighted by atomic mass is 10.2. The number of hydrogen-bond acceptors (Lipinski definition) is 3. The number of halogens is 2. The molecule has 24 heavy (non-hydrogen) atoms. The summed E-state index contributed by atoms with van der Waals surface area (Å²) in [7, 11) is 0. The van der Waals surface area contributed by atoms with Crippen LogP contribution in [0.25, 0.3) is 0 Å². The molecule has 2 N–H and O–H groups in total. The van der Waals surface area contributed by atoms with Crippen molar-refractivity contribution in [3.63, 3.8) is 0 Å². The van der Waals surface area contributed by atoms with Crippen molar-refractivity contribution in [2.24, 2.45) is 5.10 Å². The van der Waals surface area contributed by atoms with Gasteiger partial charge in [0.05, 0.1) is 11.2 Å². The van der Waals surface area contributed by atoms with Crippen LogP contribution in [0, 0.1) is 5.82 Å². The Morgan fingerprint density at radius 3 is 2.83 bits per heavy atom. The van der Waals surface area contributed by atoms with E-state index in [0.717, 1.165) is 5.56 Å². The summed E-state index contributed by atoms with van der Waals surface area (Å²) in [5, 5.41) is 7.74. The zero-order valence-corrected chi connectivity index (χ0v) is 14.6. The van der Waals surface area contributed by atoms with Gasteiger partial charge in [-0.15, -0.1) is 0 Å². The van der Waals surface area contributed by atoms with E-state index in [4.69, 9.17) is 28.6 Å². The van der Waals surface area contributed by atoms with Gasteiger partial charge >= 0.3 is 0 Å². The van der Waals surface area contributed by atoms with E-state index in [9.17, 15) is 4.39 Å². The molecule has 126 valence electrons. The molecule has 4 nitrogen and oxygen atoms in total. The molecule has 0 aliphatic carbocycles. The number of nitrogens with one attached hydrogen (secondary N) is 2. The van der Waals surface area contributed by atoms with Crippen LogP contribution in [0.5, 0.6) is 5.75 Å². The summed E-state index contributed by atoms with van der Waals surface area (Å²) in [5.41, 5.74) is 3.75. The molecule has 0 aromatic heterocycles. The molecule has 2 aromatic rings. The third-order valence-corrected chi connectivity index (χ3v) is 3.65. The molecule has 0 spiro atoms. The average Bonchev–Trinajstić information content (AvgIpc) is 2.56. The van der Waals surface area contributed by atoms with Crippen LogP contribution in [-0.2, 0) is 6.61 Å². The third-order valence-electron chi connectivity index (χ3n) is 3.06. The molecule has 0 unspecified atom stereocenters. The normalized spacial score (nSPS) is 10.6. The predicted octanol–water partition coefficient (Wildman–Crippen LogP) is 3.88. The van der Waals surface area contributed by atoms with Crippen LogP contribution < -0.4 is 15.5 Å². The van der Waals surface area contributed by atoms with Gasteiger partial charge in [-0.05, 0) is 43.4 Å². The lowest BCUT2D eigenvalue weighted by Crippen LogP contribution is -2.31. The summed E-state index contributed by atoms with van der Waals surface area (Å²) < 4.78 is 19.5. The fraction of sp³-hybridized carbons (Fsp3) is 0.176. The average molecular weight is 366 g/mol. The maximum Gasteiger partial charge on any atom is 0.186 e. The SMILES string of the molecule is CCNC(=S)N/N=C\c1ccccc1OCc1c(F)cccc1Cl. The van der Waals surface area contributed by atoms with Crippen LogP contribution in [-0.4, -0.2) is 17.9 Å². The smallest absolute Gasteiger partial charge is 0.186 e. The van der Waals surface area contributed by atoms with Gasteiger partial charge in [0.1, 0.15) is 18.2 Å². The van der Waals surface area contributed by atoms with Crippen LogP contribution in [0.1, 0.15) is 18.1 Å². The van der Waals surface area contributed by atoms with Crippen molar-refractivity contribution in [1.82, 2.24) is 10.7 Å². The molecule has 0 atom stereocenters. The summed E-state index contributed by atoms with van der Waals surface area (Å²) in [5.74, 6) is 0.169. The van der Waals surface area contributed by atoms with Gasteiger partial charge in [-0.2, -0.15) is 5.10 Å². The topological polar surface area (TPSA) is 45.7 Å². The van der Waals surface area contributed by atoms with Gasteiger partial charge in [0, 0.05) is 17.7 Å². The van der Waals surface area contributed by atoms with E-state index in [2.05, 4.69) is 15.8 Å². The Kier molecular flexibility index (Phi) is 6.96. The number of rotatable bonds is 6. The molecular formula is C17H17ClFN3OS. The fourth-order valence-corrected chi connectivity index (χ4v) is 2.31. The largest absolute Gasteiger partial charge is 0.488 e. The molecule has 0 amide bonds. The summed E-state index contributed by atoms with van der Waals surface area (Å²) in [4.78, 5) is 0. The highest BCUT2D eigenvalue weighted by Crippen LogP contribution is 2.23. The molecule has 0 aliphatic rings. The van der Waals surface area contributed by atoms with E-state index in [1.807, 2.05) is 25.1 Å². The van der Waals surface area contributed by atoms with E-state index >= 15 is 0 Å². The molecule has 0 saturated heterocycles. The van der Waals surface area contributed by atoms with Gasteiger partial charge in [-0.1, -0.05) is 29.8 Å². The minimum Gasteiger partial charge on any atom is -0.488 e. The first kappa shape index (κ1) is 18.2. The zero-order valence-electron chi connectivity index (χ0n) is 13.1. The Balaban J connectivity index is 2.06. The van der Waals surface area contributed by atoms with Gasteiger partial charge in [-0.3, -0.25) is 5.43 Å². The van der Waals surface area contributed by atoms with Crippen molar-refractivity contribution in [3.8, 4) is 5.75 Å². The third kappa shape index (κ3) is 5.18. The van der Waals surface area contributed by atoms with E-state index in [-0.39, 0.29) is 6.61 Å². The van der Waals surface area contributed by atoms with Gasteiger partial charge in [0.15, 0.2) is 5.11 Å². The number of hydrazone groups is 1. The van der Waals surface area contributed by atoms with Crippen molar-refractivity contribution in [3.05, 3.63) is 64.4 Å². The minimum atomic E-state index is -0.397. The van der Waals surface area contributed by atoms with Gasteiger partial charge in [0.2, 0.25) is 0 Å². The summed E-state index contributed by atoms with van der Waals surface area (Å²) in [6, 6.07) is 11.8. The molecular weight excluding hydrogens is 349 g/mol. The van der Waals surface area contributed by atoms with E-state index in [1.165, 1.54) is 6.07 Å². The second-order valence-corrected chi connectivity index (χ2v) is 5.57. The van der Waals surface area contributed by atoms with E-state index < -0.39 is 5.82 Å². The highest BCUT2D eigenvalue weighted by molar-refractivity contribution is 7.80. The quantitative estimate of drug-likeness (QED) is 0.463. The zero-order chi connectivity index (χ0) is 17.4.